The third-order valence-corrected chi connectivity index (χ3v) is 3.48. The minimum Gasteiger partial charge on any atom is -0.355 e. The van der Waals surface area contributed by atoms with Crippen molar-refractivity contribution in [3.63, 3.8) is 0 Å². The van der Waals surface area contributed by atoms with Crippen LogP contribution in [-0.2, 0) is 0 Å². The Hall–Kier alpha value is -2.87. The third-order valence-electron chi connectivity index (χ3n) is 3.48. The molecule has 1 aromatic heterocycles. The predicted octanol–water partition coefficient (Wildman–Crippen LogP) is 3.57. The molecule has 0 spiro atoms. The van der Waals surface area contributed by atoms with E-state index < -0.39 is 0 Å². The second kappa shape index (κ2) is 7.95. The normalized spacial score (nSPS) is 9.96. The van der Waals surface area contributed by atoms with E-state index in [1.165, 1.54) is 0 Å². The molecule has 0 radical (unpaired) electrons. The highest BCUT2D eigenvalue weighted by molar-refractivity contribution is 5.93. The van der Waals surface area contributed by atoms with Crippen LogP contribution in [0.15, 0.2) is 42.6 Å². The van der Waals surface area contributed by atoms with Gasteiger partial charge in [0.25, 0.3) is 5.91 Å². The average molecular weight is 308 g/mol. The summed E-state index contributed by atoms with van der Waals surface area (Å²) in [4.78, 5) is 18.2. The molecule has 0 aliphatic carbocycles. The van der Waals surface area contributed by atoms with E-state index in [0.717, 1.165) is 30.8 Å². The van der Waals surface area contributed by atoms with Crippen LogP contribution < -0.4 is 5.32 Å². The summed E-state index contributed by atoms with van der Waals surface area (Å²) in [6.07, 6.45) is 3.64. The second-order valence-electron chi connectivity index (χ2n) is 5.32. The SMILES string of the molecule is CCCCN(C)C(=O)c1cc(Nc2ccc(C#N)cc2)ccn1. The lowest BCUT2D eigenvalue weighted by Crippen LogP contribution is -2.28. The standard InChI is InChI=1S/C18H20N4O/c1-3-4-11-22(2)18(23)17-12-16(9-10-20-17)21-15-7-5-14(13-19)6-8-15/h5-10,12H,3-4,11H2,1-2H3,(H,20,21). The number of pyridine rings is 1. The molecule has 23 heavy (non-hydrogen) atoms. The Labute approximate surface area is 136 Å². The molecule has 0 aliphatic heterocycles. The van der Waals surface area contributed by atoms with Crippen molar-refractivity contribution in [1.82, 2.24) is 9.88 Å². The number of nitrogens with one attached hydrogen (secondary N) is 1. The van der Waals surface area contributed by atoms with Gasteiger partial charge in [0.15, 0.2) is 0 Å². The van der Waals surface area contributed by atoms with Crippen molar-refractivity contribution in [1.29, 1.82) is 5.26 Å². The highest BCUT2D eigenvalue weighted by Crippen LogP contribution is 2.17. The Morgan fingerprint density at radius 1 is 1.26 bits per heavy atom. The number of hydrogen-bond acceptors (Lipinski definition) is 4. The number of anilines is 2. The summed E-state index contributed by atoms with van der Waals surface area (Å²) < 4.78 is 0. The largest absolute Gasteiger partial charge is 0.355 e. The van der Waals surface area contributed by atoms with Crippen LogP contribution in [0.25, 0.3) is 0 Å². The molecule has 5 heteroatoms. The zero-order valence-corrected chi connectivity index (χ0v) is 13.4. The number of amides is 1. The van der Waals surface area contributed by atoms with E-state index in [0.29, 0.717) is 11.3 Å². The molecule has 0 fully saturated rings. The number of nitriles is 1. The zero-order chi connectivity index (χ0) is 16.7. The van der Waals surface area contributed by atoms with Gasteiger partial charge in [-0.3, -0.25) is 9.78 Å². The van der Waals surface area contributed by atoms with Crippen molar-refractivity contribution in [3.05, 3.63) is 53.9 Å². The van der Waals surface area contributed by atoms with Crippen LogP contribution in [0.2, 0.25) is 0 Å². The summed E-state index contributed by atoms with van der Waals surface area (Å²) in [5.41, 5.74) is 2.67. The lowest BCUT2D eigenvalue weighted by atomic mass is 10.2. The molecule has 2 aromatic rings. The fraction of sp³-hybridized carbons (Fsp3) is 0.278. The van der Waals surface area contributed by atoms with E-state index in [-0.39, 0.29) is 5.91 Å². The maximum atomic E-state index is 12.3. The van der Waals surface area contributed by atoms with Crippen LogP contribution in [0.4, 0.5) is 11.4 Å². The van der Waals surface area contributed by atoms with Gasteiger partial charge in [-0.1, -0.05) is 13.3 Å². The number of benzene rings is 1. The number of nitrogens with zero attached hydrogens (tertiary/aromatic N) is 3. The van der Waals surface area contributed by atoms with Gasteiger partial charge < -0.3 is 10.2 Å². The quantitative estimate of drug-likeness (QED) is 0.885. The average Bonchev–Trinajstić information content (AvgIpc) is 2.60. The van der Waals surface area contributed by atoms with Gasteiger partial charge >= 0.3 is 0 Å². The van der Waals surface area contributed by atoms with E-state index in [4.69, 9.17) is 5.26 Å². The highest BCUT2D eigenvalue weighted by atomic mass is 16.2. The Kier molecular flexibility index (Phi) is 5.70. The van der Waals surface area contributed by atoms with Crippen molar-refractivity contribution >= 4 is 17.3 Å². The topological polar surface area (TPSA) is 69.0 Å². The highest BCUT2D eigenvalue weighted by Gasteiger charge is 2.13. The molecule has 0 bridgehead atoms. The molecule has 0 aliphatic rings. The summed E-state index contributed by atoms with van der Waals surface area (Å²) in [7, 11) is 1.79. The van der Waals surface area contributed by atoms with E-state index in [2.05, 4.69) is 23.3 Å². The van der Waals surface area contributed by atoms with Crippen molar-refractivity contribution in [2.75, 3.05) is 18.9 Å². The van der Waals surface area contributed by atoms with Gasteiger partial charge in [-0.2, -0.15) is 5.26 Å². The van der Waals surface area contributed by atoms with Gasteiger partial charge in [0.05, 0.1) is 11.6 Å². The molecule has 1 amide bonds. The van der Waals surface area contributed by atoms with Gasteiger partial charge in [-0.25, -0.2) is 0 Å². The molecule has 0 saturated heterocycles. The summed E-state index contributed by atoms with van der Waals surface area (Å²) >= 11 is 0. The third kappa shape index (κ3) is 4.55. The predicted molar refractivity (Wildman–Crippen MR) is 90.5 cm³/mol. The van der Waals surface area contributed by atoms with E-state index in [9.17, 15) is 4.79 Å². The molecule has 0 unspecified atom stereocenters. The van der Waals surface area contributed by atoms with Crippen LogP contribution in [0, 0.1) is 11.3 Å². The Bertz CT molecular complexity index is 704. The molecule has 1 heterocycles. The minimum absolute atomic E-state index is 0.0815. The van der Waals surface area contributed by atoms with E-state index in [1.807, 2.05) is 12.1 Å². The molecule has 5 nitrogen and oxygen atoms in total. The fourth-order valence-corrected chi connectivity index (χ4v) is 2.11. The summed E-state index contributed by atoms with van der Waals surface area (Å²) in [6.45, 7) is 2.82. The number of unbranched alkanes of at least 4 members (excludes halogenated alkanes) is 1. The number of carbonyl (C=O) groups is 1. The molecular weight excluding hydrogens is 288 g/mol. The molecule has 1 N–H and O–H groups in total. The number of aromatic nitrogens is 1. The molecule has 0 saturated carbocycles. The van der Waals surface area contributed by atoms with Crippen LogP contribution in [0.1, 0.15) is 35.8 Å². The van der Waals surface area contributed by atoms with Crippen molar-refractivity contribution in [2.45, 2.75) is 19.8 Å². The number of rotatable bonds is 6. The van der Waals surface area contributed by atoms with Crippen molar-refractivity contribution in [3.8, 4) is 6.07 Å². The van der Waals surface area contributed by atoms with Gasteiger partial charge in [0, 0.05) is 31.2 Å². The van der Waals surface area contributed by atoms with E-state index >= 15 is 0 Å². The lowest BCUT2D eigenvalue weighted by Gasteiger charge is -2.16. The minimum atomic E-state index is -0.0815. The number of hydrogen-bond donors (Lipinski definition) is 1. The zero-order valence-electron chi connectivity index (χ0n) is 13.4. The summed E-state index contributed by atoms with van der Waals surface area (Å²) in [6, 6.07) is 12.8. The molecule has 0 atom stereocenters. The van der Waals surface area contributed by atoms with E-state index in [1.54, 1.807) is 42.4 Å². The first-order valence-electron chi connectivity index (χ1n) is 7.62. The Balaban J connectivity index is 2.09. The van der Waals surface area contributed by atoms with Crippen molar-refractivity contribution < 1.29 is 4.79 Å². The lowest BCUT2D eigenvalue weighted by molar-refractivity contribution is 0.0787. The molecular formula is C18H20N4O. The summed E-state index contributed by atoms with van der Waals surface area (Å²) in [5.74, 6) is -0.0815. The molecule has 118 valence electrons. The maximum absolute atomic E-state index is 12.3. The van der Waals surface area contributed by atoms with Crippen LogP contribution in [0.3, 0.4) is 0 Å². The Morgan fingerprint density at radius 2 is 2.00 bits per heavy atom. The van der Waals surface area contributed by atoms with Crippen LogP contribution in [-0.4, -0.2) is 29.4 Å². The van der Waals surface area contributed by atoms with Gasteiger partial charge in [0.1, 0.15) is 5.69 Å². The maximum Gasteiger partial charge on any atom is 0.272 e. The summed E-state index contributed by atoms with van der Waals surface area (Å²) in [5, 5.41) is 12.0. The fourth-order valence-electron chi connectivity index (χ4n) is 2.11. The van der Waals surface area contributed by atoms with Crippen molar-refractivity contribution in [2.24, 2.45) is 0 Å². The van der Waals surface area contributed by atoms with Crippen LogP contribution in [0.5, 0.6) is 0 Å². The van der Waals surface area contributed by atoms with Gasteiger partial charge in [0.2, 0.25) is 0 Å². The smallest absolute Gasteiger partial charge is 0.272 e. The van der Waals surface area contributed by atoms with Crippen LogP contribution >= 0.6 is 0 Å². The monoisotopic (exact) mass is 308 g/mol. The second-order valence-corrected chi connectivity index (χ2v) is 5.32. The molecule has 2 rings (SSSR count). The van der Waals surface area contributed by atoms with Gasteiger partial charge in [-0.15, -0.1) is 0 Å². The molecule has 1 aromatic carbocycles. The van der Waals surface area contributed by atoms with Gasteiger partial charge in [-0.05, 0) is 42.8 Å². The Morgan fingerprint density at radius 3 is 2.65 bits per heavy atom. The first kappa shape index (κ1) is 16.5. The number of carbonyl (C=O) groups excluding carboxylic acids is 1. The first-order valence-corrected chi connectivity index (χ1v) is 7.62. The first-order chi connectivity index (χ1) is 11.1.